The molecular formula is C10H10BrFN2OS. The first-order valence-electron chi connectivity index (χ1n) is 4.47. The third kappa shape index (κ3) is 2.99. The molecule has 3 N–H and O–H groups in total. The van der Waals surface area contributed by atoms with Crippen molar-refractivity contribution in [2.24, 2.45) is 5.73 Å². The van der Waals surface area contributed by atoms with Gasteiger partial charge in [0.15, 0.2) is 0 Å². The fourth-order valence-electron chi connectivity index (χ4n) is 1.02. The maximum Gasteiger partial charge on any atom is 0.254 e. The summed E-state index contributed by atoms with van der Waals surface area (Å²) in [6.45, 7) is 1.64. The van der Waals surface area contributed by atoms with E-state index in [0.29, 0.717) is 0 Å². The van der Waals surface area contributed by atoms with Gasteiger partial charge in [-0.25, -0.2) is 4.39 Å². The predicted molar refractivity (Wildman–Crippen MR) is 67.8 cm³/mol. The Morgan fingerprint density at radius 1 is 1.62 bits per heavy atom. The summed E-state index contributed by atoms with van der Waals surface area (Å²) in [5.74, 6) is -1.14. The molecule has 1 atom stereocenters. The second-order valence-electron chi connectivity index (χ2n) is 3.20. The van der Waals surface area contributed by atoms with Crippen molar-refractivity contribution in [2.75, 3.05) is 0 Å². The van der Waals surface area contributed by atoms with E-state index in [4.69, 9.17) is 18.0 Å². The molecule has 3 nitrogen and oxygen atoms in total. The van der Waals surface area contributed by atoms with Gasteiger partial charge in [0.1, 0.15) is 5.82 Å². The third-order valence-electron chi connectivity index (χ3n) is 1.97. The number of nitrogens with two attached hydrogens (primary N) is 1. The summed E-state index contributed by atoms with van der Waals surface area (Å²) in [6.07, 6.45) is 0. The van der Waals surface area contributed by atoms with Crippen molar-refractivity contribution in [3.05, 3.63) is 34.1 Å². The van der Waals surface area contributed by atoms with Gasteiger partial charge in [0.2, 0.25) is 0 Å². The van der Waals surface area contributed by atoms with Crippen LogP contribution in [0.5, 0.6) is 0 Å². The summed E-state index contributed by atoms with van der Waals surface area (Å²) in [5, 5.41) is 2.50. The van der Waals surface area contributed by atoms with Crippen LogP contribution in [0.3, 0.4) is 0 Å². The zero-order valence-electron chi connectivity index (χ0n) is 8.46. The second-order valence-corrected chi connectivity index (χ2v) is 4.52. The number of benzene rings is 1. The molecule has 1 aromatic carbocycles. The number of rotatable bonds is 3. The SMILES string of the molecule is CC(NC(=O)c1cccc(Br)c1F)C(N)=S. The fraction of sp³-hybridized carbons (Fsp3) is 0.200. The van der Waals surface area contributed by atoms with Crippen LogP contribution in [0.15, 0.2) is 22.7 Å². The van der Waals surface area contributed by atoms with Gasteiger partial charge in [-0.2, -0.15) is 0 Å². The minimum absolute atomic E-state index is 0.0440. The number of nitrogens with one attached hydrogen (secondary N) is 1. The molecule has 6 heteroatoms. The zero-order valence-corrected chi connectivity index (χ0v) is 10.9. The number of carbonyl (C=O) groups excluding carboxylic acids is 1. The first-order valence-corrected chi connectivity index (χ1v) is 5.67. The van der Waals surface area contributed by atoms with Gasteiger partial charge in [0.05, 0.1) is 21.1 Å². The van der Waals surface area contributed by atoms with Crippen LogP contribution in [-0.4, -0.2) is 16.9 Å². The van der Waals surface area contributed by atoms with E-state index in [1.165, 1.54) is 12.1 Å². The van der Waals surface area contributed by atoms with Crippen molar-refractivity contribution in [3.63, 3.8) is 0 Å². The van der Waals surface area contributed by atoms with Crippen molar-refractivity contribution >= 4 is 39.0 Å². The quantitative estimate of drug-likeness (QED) is 0.840. The highest BCUT2D eigenvalue weighted by Gasteiger charge is 2.16. The molecule has 0 aliphatic carbocycles. The molecule has 0 bridgehead atoms. The summed E-state index contributed by atoms with van der Waals surface area (Å²) < 4.78 is 13.8. The van der Waals surface area contributed by atoms with Crippen molar-refractivity contribution < 1.29 is 9.18 Å². The van der Waals surface area contributed by atoms with Crippen LogP contribution in [0.1, 0.15) is 17.3 Å². The Morgan fingerprint density at radius 3 is 2.81 bits per heavy atom. The molecule has 1 amide bonds. The van der Waals surface area contributed by atoms with Crippen LogP contribution in [0.4, 0.5) is 4.39 Å². The second kappa shape index (κ2) is 5.36. The molecule has 1 aromatic rings. The minimum atomic E-state index is -0.602. The number of carbonyl (C=O) groups is 1. The number of amides is 1. The fourth-order valence-corrected chi connectivity index (χ4v) is 1.45. The lowest BCUT2D eigenvalue weighted by molar-refractivity contribution is 0.0945. The lowest BCUT2D eigenvalue weighted by Gasteiger charge is -2.12. The minimum Gasteiger partial charge on any atom is -0.392 e. The summed E-state index contributed by atoms with van der Waals surface area (Å²) in [4.78, 5) is 11.8. The summed E-state index contributed by atoms with van der Waals surface area (Å²) >= 11 is 7.71. The maximum absolute atomic E-state index is 13.5. The summed E-state index contributed by atoms with van der Waals surface area (Å²) in [7, 11) is 0. The van der Waals surface area contributed by atoms with Crippen LogP contribution in [-0.2, 0) is 0 Å². The van der Waals surface area contributed by atoms with E-state index >= 15 is 0 Å². The molecule has 0 heterocycles. The number of thiocarbonyl (C=S) groups is 1. The molecule has 0 spiro atoms. The van der Waals surface area contributed by atoms with Gasteiger partial charge >= 0.3 is 0 Å². The molecule has 1 rings (SSSR count). The Hall–Kier alpha value is -1.01. The summed E-state index contributed by atoms with van der Waals surface area (Å²) in [6, 6.07) is 4.01. The van der Waals surface area contributed by atoms with E-state index in [-0.39, 0.29) is 15.0 Å². The van der Waals surface area contributed by atoms with Crippen molar-refractivity contribution in [2.45, 2.75) is 13.0 Å². The Balaban J connectivity index is 2.89. The van der Waals surface area contributed by atoms with Gasteiger partial charge in [-0.05, 0) is 35.0 Å². The van der Waals surface area contributed by atoms with Crippen LogP contribution in [0.25, 0.3) is 0 Å². The molecule has 0 saturated heterocycles. The van der Waals surface area contributed by atoms with Crippen molar-refractivity contribution in [1.82, 2.24) is 5.32 Å². The third-order valence-corrected chi connectivity index (χ3v) is 2.94. The molecule has 0 saturated carbocycles. The lowest BCUT2D eigenvalue weighted by Crippen LogP contribution is -2.41. The molecular weight excluding hydrogens is 295 g/mol. The van der Waals surface area contributed by atoms with Crippen LogP contribution in [0, 0.1) is 5.82 Å². The first-order chi connectivity index (χ1) is 7.43. The highest BCUT2D eigenvalue weighted by Crippen LogP contribution is 2.18. The van der Waals surface area contributed by atoms with Gasteiger partial charge in [-0.1, -0.05) is 18.3 Å². The average molecular weight is 305 g/mol. The standard InChI is InChI=1S/C10H10BrFN2OS/c1-5(9(13)16)14-10(15)6-3-2-4-7(11)8(6)12/h2-5H,1H3,(H2,13,16)(H,14,15). The smallest absolute Gasteiger partial charge is 0.254 e. The normalized spacial score (nSPS) is 11.9. The number of hydrogen-bond acceptors (Lipinski definition) is 2. The largest absolute Gasteiger partial charge is 0.392 e. The maximum atomic E-state index is 13.5. The molecule has 0 aliphatic heterocycles. The van der Waals surface area contributed by atoms with Gasteiger partial charge < -0.3 is 11.1 Å². The van der Waals surface area contributed by atoms with Crippen molar-refractivity contribution in [1.29, 1.82) is 0 Å². The van der Waals surface area contributed by atoms with Gasteiger partial charge in [-0.3, -0.25) is 4.79 Å². The Morgan fingerprint density at radius 2 is 2.25 bits per heavy atom. The van der Waals surface area contributed by atoms with E-state index < -0.39 is 17.8 Å². The van der Waals surface area contributed by atoms with E-state index in [9.17, 15) is 9.18 Å². The highest BCUT2D eigenvalue weighted by molar-refractivity contribution is 9.10. The Labute approximate surface area is 106 Å². The van der Waals surface area contributed by atoms with E-state index in [1.54, 1.807) is 13.0 Å². The van der Waals surface area contributed by atoms with E-state index in [1.807, 2.05) is 0 Å². The molecule has 0 aromatic heterocycles. The van der Waals surface area contributed by atoms with Gasteiger partial charge in [0.25, 0.3) is 5.91 Å². The van der Waals surface area contributed by atoms with Crippen LogP contribution >= 0.6 is 28.1 Å². The molecule has 16 heavy (non-hydrogen) atoms. The number of halogens is 2. The average Bonchev–Trinajstić information content (AvgIpc) is 2.21. The summed E-state index contributed by atoms with van der Waals surface area (Å²) in [5.41, 5.74) is 5.30. The monoisotopic (exact) mass is 304 g/mol. The van der Waals surface area contributed by atoms with Crippen molar-refractivity contribution in [3.8, 4) is 0 Å². The molecule has 1 unspecified atom stereocenters. The molecule has 86 valence electrons. The Bertz CT molecular complexity index is 439. The van der Waals surface area contributed by atoms with E-state index in [0.717, 1.165) is 0 Å². The molecule has 0 fully saturated rings. The topological polar surface area (TPSA) is 55.1 Å². The predicted octanol–water partition coefficient (Wildman–Crippen LogP) is 1.99. The van der Waals surface area contributed by atoms with Gasteiger partial charge in [0, 0.05) is 0 Å². The Kier molecular flexibility index (Phi) is 4.37. The highest BCUT2D eigenvalue weighted by atomic mass is 79.9. The first kappa shape index (κ1) is 13.1. The molecule has 0 aliphatic rings. The van der Waals surface area contributed by atoms with Crippen LogP contribution in [0.2, 0.25) is 0 Å². The van der Waals surface area contributed by atoms with Gasteiger partial charge in [-0.15, -0.1) is 0 Å². The number of hydrogen-bond donors (Lipinski definition) is 2. The lowest BCUT2D eigenvalue weighted by atomic mass is 10.2. The van der Waals surface area contributed by atoms with E-state index in [2.05, 4.69) is 21.2 Å². The molecule has 0 radical (unpaired) electrons. The van der Waals surface area contributed by atoms with Crippen LogP contribution < -0.4 is 11.1 Å². The zero-order chi connectivity index (χ0) is 12.3.